The number of allylic oxidation sites excluding steroid dienone is 2. The SMILES string of the molecule is C1=CC2CC1C1=COCC12. The van der Waals surface area contributed by atoms with Crippen LogP contribution in [0.2, 0.25) is 0 Å². The predicted molar refractivity (Wildman–Crippen MR) is 38.3 cm³/mol. The number of fused-ring (bicyclic) bond motifs is 5. The maximum atomic E-state index is 5.29. The molecule has 2 bridgehead atoms. The van der Waals surface area contributed by atoms with Gasteiger partial charge in [-0.3, -0.25) is 0 Å². The molecule has 10 heavy (non-hydrogen) atoms. The molecule has 1 aliphatic heterocycles. The molecule has 3 aliphatic rings. The van der Waals surface area contributed by atoms with Gasteiger partial charge in [-0.2, -0.15) is 0 Å². The molecule has 1 heteroatoms. The molecular weight excluding hydrogens is 124 g/mol. The molecule has 0 aromatic rings. The fraction of sp³-hybridized carbons (Fsp3) is 0.556. The summed E-state index contributed by atoms with van der Waals surface area (Å²) in [4.78, 5) is 0. The smallest absolute Gasteiger partial charge is 0.0945 e. The fourth-order valence-corrected chi connectivity index (χ4v) is 2.44. The van der Waals surface area contributed by atoms with E-state index in [-0.39, 0.29) is 0 Å². The molecule has 3 atom stereocenters. The van der Waals surface area contributed by atoms with E-state index in [1.54, 1.807) is 5.57 Å². The molecule has 1 heterocycles. The first kappa shape index (κ1) is 5.00. The maximum Gasteiger partial charge on any atom is 0.0945 e. The van der Waals surface area contributed by atoms with Crippen molar-refractivity contribution in [2.45, 2.75) is 6.42 Å². The zero-order chi connectivity index (χ0) is 6.55. The van der Waals surface area contributed by atoms with Crippen molar-refractivity contribution in [1.29, 1.82) is 0 Å². The molecule has 3 unspecified atom stereocenters. The lowest BCUT2D eigenvalue weighted by Gasteiger charge is -2.11. The number of hydrogen-bond acceptors (Lipinski definition) is 1. The third-order valence-electron chi connectivity index (χ3n) is 2.99. The highest BCUT2D eigenvalue weighted by Gasteiger charge is 2.42. The summed E-state index contributed by atoms with van der Waals surface area (Å²) in [6, 6.07) is 0. The quantitative estimate of drug-likeness (QED) is 0.458. The van der Waals surface area contributed by atoms with Gasteiger partial charge in [-0.1, -0.05) is 12.2 Å². The van der Waals surface area contributed by atoms with E-state index in [9.17, 15) is 0 Å². The first-order chi connectivity index (χ1) is 4.95. The predicted octanol–water partition coefficient (Wildman–Crippen LogP) is 1.72. The van der Waals surface area contributed by atoms with Crippen LogP contribution in [0, 0.1) is 17.8 Å². The first-order valence-corrected chi connectivity index (χ1v) is 3.95. The summed E-state index contributed by atoms with van der Waals surface area (Å²) in [6.45, 7) is 0.945. The van der Waals surface area contributed by atoms with Gasteiger partial charge in [0.05, 0.1) is 12.9 Å². The highest BCUT2D eigenvalue weighted by atomic mass is 16.5. The summed E-state index contributed by atoms with van der Waals surface area (Å²) in [5.41, 5.74) is 1.56. The molecule has 0 N–H and O–H groups in total. The molecule has 0 saturated heterocycles. The van der Waals surface area contributed by atoms with Crippen LogP contribution in [-0.2, 0) is 4.74 Å². The monoisotopic (exact) mass is 134 g/mol. The molecule has 52 valence electrons. The zero-order valence-corrected chi connectivity index (χ0v) is 5.79. The molecular formula is C9H10O. The van der Waals surface area contributed by atoms with E-state index in [0.29, 0.717) is 0 Å². The summed E-state index contributed by atoms with van der Waals surface area (Å²) in [7, 11) is 0. The van der Waals surface area contributed by atoms with Crippen molar-refractivity contribution in [3.63, 3.8) is 0 Å². The van der Waals surface area contributed by atoms with Crippen LogP contribution in [0.25, 0.3) is 0 Å². The van der Waals surface area contributed by atoms with E-state index >= 15 is 0 Å². The van der Waals surface area contributed by atoms with E-state index < -0.39 is 0 Å². The van der Waals surface area contributed by atoms with Crippen LogP contribution in [0.5, 0.6) is 0 Å². The van der Waals surface area contributed by atoms with Gasteiger partial charge in [0.1, 0.15) is 0 Å². The lowest BCUT2D eigenvalue weighted by Crippen LogP contribution is -2.09. The lowest BCUT2D eigenvalue weighted by molar-refractivity contribution is 0.232. The van der Waals surface area contributed by atoms with E-state index in [0.717, 1.165) is 24.4 Å². The van der Waals surface area contributed by atoms with Crippen molar-refractivity contribution in [3.8, 4) is 0 Å². The Bertz CT molecular complexity index is 227. The lowest BCUT2D eigenvalue weighted by atomic mass is 9.91. The van der Waals surface area contributed by atoms with Crippen molar-refractivity contribution in [2.24, 2.45) is 17.8 Å². The second-order valence-corrected chi connectivity index (χ2v) is 3.45. The topological polar surface area (TPSA) is 9.23 Å². The van der Waals surface area contributed by atoms with Crippen LogP contribution in [0.15, 0.2) is 24.0 Å². The average Bonchev–Trinajstić information content (AvgIpc) is 2.60. The second-order valence-electron chi connectivity index (χ2n) is 3.45. The summed E-state index contributed by atoms with van der Waals surface area (Å²) in [5.74, 6) is 2.33. The minimum Gasteiger partial charge on any atom is -0.501 e. The third-order valence-corrected chi connectivity index (χ3v) is 2.99. The Morgan fingerprint density at radius 1 is 1.40 bits per heavy atom. The van der Waals surface area contributed by atoms with Gasteiger partial charge < -0.3 is 4.74 Å². The highest BCUT2D eigenvalue weighted by Crippen LogP contribution is 2.49. The van der Waals surface area contributed by atoms with Crippen LogP contribution >= 0.6 is 0 Å². The normalized spacial score (nSPS) is 47.2. The van der Waals surface area contributed by atoms with Gasteiger partial charge in [0, 0.05) is 11.8 Å². The molecule has 3 rings (SSSR count). The Hall–Kier alpha value is -0.720. The largest absolute Gasteiger partial charge is 0.501 e. The van der Waals surface area contributed by atoms with Gasteiger partial charge in [0.2, 0.25) is 0 Å². The molecule has 1 fully saturated rings. The van der Waals surface area contributed by atoms with Crippen molar-refractivity contribution in [2.75, 3.05) is 6.61 Å². The van der Waals surface area contributed by atoms with E-state index in [1.165, 1.54) is 6.42 Å². The molecule has 0 radical (unpaired) electrons. The first-order valence-electron chi connectivity index (χ1n) is 3.95. The molecule has 1 nitrogen and oxygen atoms in total. The number of rotatable bonds is 0. The van der Waals surface area contributed by atoms with Crippen molar-refractivity contribution in [1.82, 2.24) is 0 Å². The van der Waals surface area contributed by atoms with Gasteiger partial charge in [0.25, 0.3) is 0 Å². The molecule has 0 amide bonds. The van der Waals surface area contributed by atoms with Crippen LogP contribution < -0.4 is 0 Å². The summed E-state index contributed by atoms with van der Waals surface area (Å²) >= 11 is 0. The minimum atomic E-state index is 0.748. The Morgan fingerprint density at radius 3 is 3.30 bits per heavy atom. The summed E-state index contributed by atoms with van der Waals surface area (Å²) in [5, 5.41) is 0. The van der Waals surface area contributed by atoms with Gasteiger partial charge in [-0.25, -0.2) is 0 Å². The third kappa shape index (κ3) is 0.416. The summed E-state index contributed by atoms with van der Waals surface area (Å²) < 4.78 is 5.29. The van der Waals surface area contributed by atoms with E-state index in [2.05, 4.69) is 12.2 Å². The highest BCUT2D eigenvalue weighted by molar-refractivity contribution is 5.31. The van der Waals surface area contributed by atoms with Crippen LogP contribution in [0.3, 0.4) is 0 Å². The van der Waals surface area contributed by atoms with E-state index in [1.807, 2.05) is 6.26 Å². The Labute approximate surface area is 60.4 Å². The van der Waals surface area contributed by atoms with Crippen molar-refractivity contribution >= 4 is 0 Å². The Kier molecular flexibility index (Phi) is 0.735. The molecule has 2 aliphatic carbocycles. The Morgan fingerprint density at radius 2 is 2.40 bits per heavy atom. The Balaban J connectivity index is 2.10. The molecule has 1 saturated carbocycles. The van der Waals surface area contributed by atoms with Crippen LogP contribution in [-0.4, -0.2) is 6.61 Å². The van der Waals surface area contributed by atoms with Gasteiger partial charge in [-0.15, -0.1) is 0 Å². The van der Waals surface area contributed by atoms with Gasteiger partial charge in [-0.05, 0) is 17.9 Å². The maximum absolute atomic E-state index is 5.29. The zero-order valence-electron chi connectivity index (χ0n) is 5.79. The van der Waals surface area contributed by atoms with Gasteiger partial charge >= 0.3 is 0 Å². The minimum absolute atomic E-state index is 0.748. The van der Waals surface area contributed by atoms with Crippen LogP contribution in [0.1, 0.15) is 6.42 Å². The fourth-order valence-electron chi connectivity index (χ4n) is 2.44. The second kappa shape index (κ2) is 1.47. The average molecular weight is 134 g/mol. The van der Waals surface area contributed by atoms with Crippen LogP contribution in [0.4, 0.5) is 0 Å². The number of ether oxygens (including phenoxy) is 1. The van der Waals surface area contributed by atoms with Crippen molar-refractivity contribution in [3.05, 3.63) is 24.0 Å². The van der Waals surface area contributed by atoms with Crippen molar-refractivity contribution < 1.29 is 4.74 Å². The van der Waals surface area contributed by atoms with E-state index in [4.69, 9.17) is 4.74 Å². The van der Waals surface area contributed by atoms with Gasteiger partial charge in [0.15, 0.2) is 0 Å². The summed E-state index contributed by atoms with van der Waals surface area (Å²) in [6.07, 6.45) is 8.04. The standard InChI is InChI=1S/C9H10O/c1-2-7-3-6(1)8-4-10-5-9(7)8/h1-2,4,6-7,9H,3,5H2. The molecule has 0 aromatic carbocycles. The number of hydrogen-bond donors (Lipinski definition) is 0. The molecule has 0 spiro atoms. The molecule has 0 aromatic heterocycles.